The van der Waals surface area contributed by atoms with Crippen LogP contribution in [0.4, 0.5) is 5.82 Å². The Hall–Kier alpha value is -1.09. The summed E-state index contributed by atoms with van der Waals surface area (Å²) in [6, 6.07) is 0. The maximum absolute atomic E-state index is 5.68. The number of aromatic nitrogens is 4. The third-order valence-electron chi connectivity index (χ3n) is 1.91. The third-order valence-corrected chi connectivity index (χ3v) is 2.36. The van der Waals surface area contributed by atoms with Crippen LogP contribution in [0.15, 0.2) is 12.7 Å². The zero-order chi connectivity index (χ0) is 10.1. The van der Waals surface area contributed by atoms with Crippen molar-refractivity contribution in [3.8, 4) is 0 Å². The molecule has 2 unspecified atom stereocenters. The molecule has 0 saturated heterocycles. The molecular formula is C8H12AsN5. The van der Waals surface area contributed by atoms with Crippen LogP contribution >= 0.6 is 0 Å². The van der Waals surface area contributed by atoms with Gasteiger partial charge in [0.1, 0.15) is 0 Å². The molecular weight excluding hydrogens is 241 g/mol. The number of hydrogen-bond acceptors (Lipinski definition) is 4. The molecule has 0 spiro atoms. The molecule has 2 aromatic rings. The van der Waals surface area contributed by atoms with Gasteiger partial charge in [-0.25, -0.2) is 0 Å². The van der Waals surface area contributed by atoms with Crippen LogP contribution in [0.5, 0.6) is 0 Å². The fraction of sp³-hybridized carbons (Fsp3) is 0.375. The summed E-state index contributed by atoms with van der Waals surface area (Å²) < 4.78 is 2.64. The Morgan fingerprint density at radius 2 is 2.29 bits per heavy atom. The van der Waals surface area contributed by atoms with Crippen molar-refractivity contribution >= 4 is 33.8 Å². The average Bonchev–Trinajstić information content (AvgIpc) is 2.49. The summed E-state index contributed by atoms with van der Waals surface area (Å²) in [5.74, 6) is 0.447. The summed E-state index contributed by atoms with van der Waals surface area (Å²) >= 11 is 1.71. The molecule has 0 radical (unpaired) electrons. The van der Waals surface area contributed by atoms with E-state index in [1.54, 1.807) is 23.2 Å². The van der Waals surface area contributed by atoms with Crippen LogP contribution in [-0.4, -0.2) is 36.4 Å². The predicted octanol–water partition coefficient (Wildman–Crippen LogP) is -0.150. The molecule has 0 fully saturated rings. The van der Waals surface area contributed by atoms with Gasteiger partial charge in [-0.2, -0.15) is 0 Å². The van der Waals surface area contributed by atoms with Crippen molar-refractivity contribution in [1.82, 2.24) is 19.5 Å². The number of rotatable bonds is 2. The first-order valence-corrected chi connectivity index (χ1v) is 5.75. The number of nitrogens with zero attached hydrogens (tertiary/aromatic N) is 4. The van der Waals surface area contributed by atoms with Crippen molar-refractivity contribution in [1.29, 1.82) is 0 Å². The van der Waals surface area contributed by atoms with Crippen LogP contribution in [0.3, 0.4) is 0 Å². The van der Waals surface area contributed by atoms with Crippen LogP contribution in [0.1, 0.15) is 6.92 Å². The van der Waals surface area contributed by atoms with E-state index < -0.39 is 0 Å². The number of nitrogens with two attached hydrogens (primary N) is 1. The molecule has 5 nitrogen and oxygen atoms in total. The molecule has 2 aromatic heterocycles. The molecule has 0 saturated carbocycles. The maximum atomic E-state index is 5.68. The molecule has 14 heavy (non-hydrogen) atoms. The van der Waals surface area contributed by atoms with Crippen molar-refractivity contribution in [2.24, 2.45) is 0 Å². The summed E-state index contributed by atoms with van der Waals surface area (Å²) in [6.07, 6.45) is 3.24. The first-order valence-electron chi connectivity index (χ1n) is 4.35. The third kappa shape index (κ3) is 1.60. The van der Waals surface area contributed by atoms with E-state index in [0.29, 0.717) is 16.0 Å². The number of anilines is 1. The minimum absolute atomic E-state index is 0.447. The van der Waals surface area contributed by atoms with Gasteiger partial charge in [0.05, 0.1) is 0 Å². The molecule has 2 heterocycles. The van der Waals surface area contributed by atoms with Crippen LogP contribution < -0.4 is 5.73 Å². The fourth-order valence-corrected chi connectivity index (χ4v) is 1.82. The second-order valence-electron chi connectivity index (χ2n) is 3.31. The average molecular weight is 253 g/mol. The number of hydrogen-bond donors (Lipinski definition) is 1. The van der Waals surface area contributed by atoms with Crippen LogP contribution in [-0.2, 0) is 6.54 Å². The molecule has 0 amide bonds. The number of imidazole rings is 1. The Labute approximate surface area is 90.2 Å². The van der Waals surface area contributed by atoms with E-state index in [1.165, 1.54) is 6.33 Å². The van der Waals surface area contributed by atoms with E-state index >= 15 is 0 Å². The molecule has 0 aliphatic heterocycles. The first kappa shape index (κ1) is 9.46. The normalized spacial score (nSPS) is 13.3. The van der Waals surface area contributed by atoms with Crippen molar-refractivity contribution in [3.63, 3.8) is 0 Å². The summed E-state index contributed by atoms with van der Waals surface area (Å²) in [5.41, 5.74) is 7.19. The van der Waals surface area contributed by atoms with E-state index in [1.807, 2.05) is 4.57 Å². The second kappa shape index (κ2) is 3.58. The predicted molar refractivity (Wildman–Crippen MR) is 57.7 cm³/mol. The minimum atomic E-state index is 0.447. The Kier molecular flexibility index (Phi) is 2.42. The molecule has 2 atom stereocenters. The van der Waals surface area contributed by atoms with Gasteiger partial charge in [0.25, 0.3) is 0 Å². The van der Waals surface area contributed by atoms with Crippen molar-refractivity contribution in [3.05, 3.63) is 12.7 Å². The summed E-state index contributed by atoms with van der Waals surface area (Å²) in [6.45, 7) is 3.10. The molecule has 0 aromatic carbocycles. The van der Waals surface area contributed by atoms with Crippen LogP contribution in [0, 0.1) is 0 Å². The van der Waals surface area contributed by atoms with Gasteiger partial charge < -0.3 is 0 Å². The van der Waals surface area contributed by atoms with E-state index in [9.17, 15) is 0 Å². The Morgan fingerprint density at radius 1 is 1.50 bits per heavy atom. The molecule has 6 heteroatoms. The van der Waals surface area contributed by atoms with E-state index in [0.717, 1.165) is 12.2 Å². The van der Waals surface area contributed by atoms with Gasteiger partial charge >= 0.3 is 89.9 Å². The molecule has 2 N–H and O–H groups in total. The van der Waals surface area contributed by atoms with E-state index in [-0.39, 0.29) is 0 Å². The first-order chi connectivity index (χ1) is 6.68. The van der Waals surface area contributed by atoms with Gasteiger partial charge in [0.15, 0.2) is 0 Å². The summed E-state index contributed by atoms with van der Waals surface area (Å²) in [7, 11) is 0. The Morgan fingerprint density at radius 3 is 3.00 bits per heavy atom. The second-order valence-corrected chi connectivity index (χ2v) is 5.69. The standard InChI is InChI=1S/C8H12AsN5/c1-5(9)2-14-4-13-6-7(10)11-3-12-8(6)14/h3-5H,2,9H2,1H3,(H2,10,11,12). The van der Waals surface area contributed by atoms with E-state index in [4.69, 9.17) is 5.73 Å². The molecule has 0 aliphatic carbocycles. The van der Waals surface area contributed by atoms with Gasteiger partial charge in [0, 0.05) is 0 Å². The monoisotopic (exact) mass is 253 g/mol. The van der Waals surface area contributed by atoms with Crippen LogP contribution in [0.2, 0.25) is 4.71 Å². The quantitative estimate of drug-likeness (QED) is 0.756. The fourth-order valence-electron chi connectivity index (χ4n) is 1.34. The zero-order valence-corrected chi connectivity index (χ0v) is 10.3. The van der Waals surface area contributed by atoms with Gasteiger partial charge in [-0.1, -0.05) is 0 Å². The Balaban J connectivity index is 2.52. The number of fused-ring (bicyclic) bond motifs is 1. The summed E-state index contributed by atoms with van der Waals surface area (Å²) in [5, 5.41) is 0. The Bertz CT molecular complexity index is 450. The molecule has 0 bridgehead atoms. The molecule has 0 aliphatic rings. The van der Waals surface area contributed by atoms with Gasteiger partial charge in [-0.15, -0.1) is 0 Å². The zero-order valence-electron chi connectivity index (χ0n) is 7.88. The molecule has 74 valence electrons. The van der Waals surface area contributed by atoms with E-state index in [2.05, 4.69) is 21.9 Å². The number of nitrogen functional groups attached to an aromatic ring is 1. The van der Waals surface area contributed by atoms with Crippen molar-refractivity contribution in [2.45, 2.75) is 18.2 Å². The topological polar surface area (TPSA) is 69.6 Å². The van der Waals surface area contributed by atoms with Crippen molar-refractivity contribution in [2.75, 3.05) is 5.73 Å². The van der Waals surface area contributed by atoms with Crippen molar-refractivity contribution < 1.29 is 0 Å². The molecule has 2 rings (SSSR count). The SMILES string of the molecule is CC([AsH2])Cn1cnc2c(N)ncnc21. The van der Waals surface area contributed by atoms with Gasteiger partial charge in [-0.05, 0) is 0 Å². The van der Waals surface area contributed by atoms with Crippen LogP contribution in [0.25, 0.3) is 11.2 Å². The van der Waals surface area contributed by atoms with Gasteiger partial charge in [0.2, 0.25) is 0 Å². The summed E-state index contributed by atoms with van der Waals surface area (Å²) in [4.78, 5) is 12.3. The van der Waals surface area contributed by atoms with Gasteiger partial charge in [-0.3, -0.25) is 0 Å².